The van der Waals surface area contributed by atoms with Crippen LogP contribution in [-0.4, -0.2) is 54.3 Å². The number of hydrogen-bond acceptors (Lipinski definition) is 9. The lowest BCUT2D eigenvalue weighted by atomic mass is 9.75. The largest absolute Gasteiger partial charge is 0.488 e. The van der Waals surface area contributed by atoms with Crippen LogP contribution in [0.25, 0.3) is 11.3 Å². The molecule has 11 heteroatoms. The molecule has 4 bridgehead atoms. The summed E-state index contributed by atoms with van der Waals surface area (Å²) in [4.78, 5) is 18.9. The van der Waals surface area contributed by atoms with Crippen LogP contribution >= 0.6 is 0 Å². The second-order valence-corrected chi connectivity index (χ2v) is 16.6. The van der Waals surface area contributed by atoms with Gasteiger partial charge in [-0.3, -0.25) is 0 Å². The SMILES string of the molecule is Cc1cccc(CC2COC2)c1-c1nc2nc(c1C)OC[C@@H](CC(C)(C)C)C(Cc1ncc(OC(C)C)cn1)c1cccc(c1)S(=O)(=O)N2. The van der Waals surface area contributed by atoms with Crippen LogP contribution in [0.15, 0.2) is 59.8 Å². The van der Waals surface area contributed by atoms with Gasteiger partial charge in [0.15, 0.2) is 5.75 Å². The first-order valence-electron chi connectivity index (χ1n) is 17.0. The van der Waals surface area contributed by atoms with E-state index in [0.29, 0.717) is 42.1 Å². The van der Waals surface area contributed by atoms with Crippen LogP contribution < -0.4 is 14.2 Å². The van der Waals surface area contributed by atoms with E-state index in [2.05, 4.69) is 65.6 Å². The molecule has 2 aliphatic rings. The highest BCUT2D eigenvalue weighted by molar-refractivity contribution is 7.92. The van der Waals surface area contributed by atoms with Crippen LogP contribution in [-0.2, 0) is 27.6 Å². The zero-order valence-electron chi connectivity index (χ0n) is 29.5. The standard InChI is InChI=1S/C38H47N5O5S/c1-23(2)48-30-18-39-33(40-19-30)16-32-27-11-9-13-31(15-27)49(44,45)43-37-41-35(25(4)36(42-37)47-22-29(32)17-38(5,6)7)34-24(3)10-8-12-28(34)14-26-20-46-21-26/h8-13,15,18-19,23,26,29,32H,14,16-17,20-22H2,1-7H3,(H,41,42,43)/t29-,32?/m1/s1. The highest BCUT2D eigenvalue weighted by Gasteiger charge is 2.32. The first-order valence-corrected chi connectivity index (χ1v) is 18.5. The molecule has 1 saturated heterocycles. The van der Waals surface area contributed by atoms with Crippen molar-refractivity contribution in [2.45, 2.75) is 84.6 Å². The molecule has 2 aromatic carbocycles. The maximum absolute atomic E-state index is 14.0. The number of rotatable bonds is 8. The van der Waals surface area contributed by atoms with Gasteiger partial charge in [-0.1, -0.05) is 51.1 Å². The van der Waals surface area contributed by atoms with E-state index in [1.54, 1.807) is 30.6 Å². The molecule has 2 aliphatic heterocycles. The fourth-order valence-corrected chi connectivity index (χ4v) is 7.79. The molecule has 4 heterocycles. The Morgan fingerprint density at radius 1 is 0.980 bits per heavy atom. The molecule has 0 spiro atoms. The number of aromatic nitrogens is 4. The lowest BCUT2D eigenvalue weighted by molar-refractivity contribution is -0.0311. The number of sulfonamides is 1. The van der Waals surface area contributed by atoms with E-state index in [1.165, 1.54) is 0 Å². The number of hydrogen-bond donors (Lipinski definition) is 1. The highest BCUT2D eigenvalue weighted by atomic mass is 32.2. The molecule has 0 radical (unpaired) electrons. The summed E-state index contributed by atoms with van der Waals surface area (Å²) < 4.78 is 48.5. The molecule has 1 unspecified atom stereocenters. The number of benzene rings is 2. The number of aryl methyl sites for hydroxylation is 1. The third kappa shape index (κ3) is 8.21. The average Bonchev–Trinajstić information content (AvgIpc) is 3.01. The lowest BCUT2D eigenvalue weighted by Crippen LogP contribution is -2.29. The molecular weight excluding hydrogens is 639 g/mol. The smallest absolute Gasteiger partial charge is 0.264 e. The zero-order valence-corrected chi connectivity index (χ0v) is 30.3. The predicted octanol–water partition coefficient (Wildman–Crippen LogP) is 7.10. The van der Waals surface area contributed by atoms with Crippen LogP contribution in [0.4, 0.5) is 5.95 Å². The Kier molecular flexibility index (Phi) is 9.95. The van der Waals surface area contributed by atoms with E-state index in [9.17, 15) is 8.42 Å². The molecule has 10 nitrogen and oxygen atoms in total. The van der Waals surface area contributed by atoms with Crippen molar-refractivity contribution in [1.29, 1.82) is 0 Å². The molecule has 2 atom stereocenters. The molecule has 1 fully saturated rings. The quantitative estimate of drug-likeness (QED) is 0.207. The Morgan fingerprint density at radius 3 is 2.39 bits per heavy atom. The molecule has 0 aliphatic carbocycles. The number of nitrogens with zero attached hydrogens (tertiary/aromatic N) is 4. The van der Waals surface area contributed by atoms with Crippen LogP contribution in [0.2, 0.25) is 0 Å². The van der Waals surface area contributed by atoms with E-state index < -0.39 is 10.0 Å². The third-order valence-corrected chi connectivity index (χ3v) is 10.4. The Labute approximate surface area is 290 Å². The maximum atomic E-state index is 14.0. The number of ether oxygens (including phenoxy) is 3. The lowest BCUT2D eigenvalue weighted by Gasteiger charge is -2.33. The Balaban J connectivity index is 1.46. The van der Waals surface area contributed by atoms with Gasteiger partial charge in [0, 0.05) is 29.4 Å². The summed E-state index contributed by atoms with van der Waals surface area (Å²) >= 11 is 0. The molecule has 0 amide bonds. The molecule has 1 N–H and O–H groups in total. The Bertz CT molecular complexity index is 1900. The fourth-order valence-electron chi connectivity index (χ4n) is 6.79. The summed E-state index contributed by atoms with van der Waals surface area (Å²) in [6, 6.07) is 13.3. The maximum Gasteiger partial charge on any atom is 0.264 e. The average molecular weight is 686 g/mol. The molecular formula is C38H47N5O5S. The second-order valence-electron chi connectivity index (χ2n) is 14.9. The van der Waals surface area contributed by atoms with E-state index in [4.69, 9.17) is 19.2 Å². The summed E-state index contributed by atoms with van der Waals surface area (Å²) in [5.41, 5.74) is 5.39. The van der Waals surface area contributed by atoms with Gasteiger partial charge < -0.3 is 14.2 Å². The molecule has 4 aromatic rings. The molecule has 49 heavy (non-hydrogen) atoms. The molecule has 260 valence electrons. The number of nitrogens with one attached hydrogen (secondary N) is 1. The van der Waals surface area contributed by atoms with Crippen LogP contribution in [0.5, 0.6) is 11.6 Å². The van der Waals surface area contributed by atoms with Crippen molar-refractivity contribution in [3.63, 3.8) is 0 Å². The normalized spacial score (nSPS) is 19.2. The summed E-state index contributed by atoms with van der Waals surface area (Å²) in [6.45, 7) is 16.4. The van der Waals surface area contributed by atoms with Gasteiger partial charge in [-0.15, -0.1) is 0 Å². The minimum atomic E-state index is -4.05. The Hall–Kier alpha value is -4.09. The fraction of sp³-hybridized carbons (Fsp3) is 0.474. The van der Waals surface area contributed by atoms with Gasteiger partial charge in [0.2, 0.25) is 11.8 Å². The van der Waals surface area contributed by atoms with Gasteiger partial charge in [-0.2, -0.15) is 4.98 Å². The van der Waals surface area contributed by atoms with Crippen molar-refractivity contribution in [3.05, 3.63) is 82.9 Å². The van der Waals surface area contributed by atoms with Gasteiger partial charge in [0.1, 0.15) is 5.82 Å². The van der Waals surface area contributed by atoms with Crippen LogP contribution in [0.1, 0.15) is 75.0 Å². The summed E-state index contributed by atoms with van der Waals surface area (Å²) in [7, 11) is -4.05. The van der Waals surface area contributed by atoms with Crippen molar-refractivity contribution >= 4 is 16.0 Å². The van der Waals surface area contributed by atoms with Gasteiger partial charge in [0.05, 0.1) is 48.9 Å². The van der Waals surface area contributed by atoms with E-state index in [-0.39, 0.29) is 34.2 Å². The third-order valence-electron chi connectivity index (χ3n) is 9.07. The second kappa shape index (κ2) is 14.0. The number of fused-ring (bicyclic) bond motifs is 4. The van der Waals surface area contributed by atoms with Crippen LogP contribution in [0, 0.1) is 31.1 Å². The first-order chi connectivity index (χ1) is 23.3. The van der Waals surface area contributed by atoms with Crippen molar-refractivity contribution in [2.24, 2.45) is 17.3 Å². The topological polar surface area (TPSA) is 125 Å². The molecule has 0 saturated carbocycles. The zero-order chi connectivity index (χ0) is 34.9. The first kappa shape index (κ1) is 34.8. The van der Waals surface area contributed by atoms with Gasteiger partial charge in [-0.05, 0) is 80.7 Å². The van der Waals surface area contributed by atoms with Crippen molar-refractivity contribution in [1.82, 2.24) is 19.9 Å². The van der Waals surface area contributed by atoms with Crippen LogP contribution in [0.3, 0.4) is 0 Å². The van der Waals surface area contributed by atoms with Gasteiger partial charge in [-0.25, -0.2) is 28.1 Å². The minimum Gasteiger partial charge on any atom is -0.488 e. The Morgan fingerprint density at radius 2 is 1.71 bits per heavy atom. The molecule has 6 rings (SSSR count). The minimum absolute atomic E-state index is 0.00778. The van der Waals surface area contributed by atoms with Gasteiger partial charge in [0.25, 0.3) is 10.0 Å². The van der Waals surface area contributed by atoms with Crippen molar-refractivity contribution in [3.8, 4) is 22.9 Å². The highest BCUT2D eigenvalue weighted by Crippen LogP contribution is 2.40. The van der Waals surface area contributed by atoms with Gasteiger partial charge >= 0.3 is 0 Å². The van der Waals surface area contributed by atoms with Crippen molar-refractivity contribution < 1.29 is 22.6 Å². The molecule has 2 aromatic heterocycles. The summed E-state index contributed by atoms with van der Waals surface area (Å²) in [6.07, 6.45) is 5.53. The van der Waals surface area contributed by atoms with E-state index in [1.807, 2.05) is 26.8 Å². The monoisotopic (exact) mass is 685 g/mol. The summed E-state index contributed by atoms with van der Waals surface area (Å²) in [5.74, 6) is 1.83. The predicted molar refractivity (Wildman–Crippen MR) is 190 cm³/mol. The summed E-state index contributed by atoms with van der Waals surface area (Å²) in [5, 5.41) is 0. The van der Waals surface area contributed by atoms with E-state index in [0.717, 1.165) is 53.9 Å². The van der Waals surface area contributed by atoms with E-state index >= 15 is 0 Å². The number of anilines is 1. The van der Waals surface area contributed by atoms with Crippen molar-refractivity contribution in [2.75, 3.05) is 24.5 Å².